The second-order valence-corrected chi connectivity index (χ2v) is 25.0. The van der Waals surface area contributed by atoms with Crippen LogP contribution in [-0.4, -0.2) is 99.6 Å². The van der Waals surface area contributed by atoms with Gasteiger partial charge >= 0.3 is 5.97 Å². The number of allylic oxidation sites excluding steroid dienone is 5. The zero-order valence-corrected chi connectivity index (χ0v) is 54.3. The van der Waals surface area contributed by atoms with Crippen molar-refractivity contribution in [3.8, 4) is 0 Å². The van der Waals surface area contributed by atoms with Crippen molar-refractivity contribution in [2.24, 2.45) is 0 Å². The highest BCUT2D eigenvalue weighted by atomic mass is 16.7. The Hall–Kier alpha value is -2.12. The number of aliphatic hydroxyl groups is 5. The molecule has 0 radical (unpaired) electrons. The number of hydrogen-bond acceptors (Lipinski definition) is 10. The molecule has 0 spiro atoms. The van der Waals surface area contributed by atoms with Gasteiger partial charge < -0.3 is 45.1 Å². The average Bonchev–Trinajstić information content (AvgIpc) is 3.58. The number of nitrogens with one attached hydrogen (secondary N) is 1. The van der Waals surface area contributed by atoms with Gasteiger partial charge in [0.15, 0.2) is 12.4 Å². The lowest BCUT2D eigenvalue weighted by atomic mass is 9.99. The van der Waals surface area contributed by atoms with Crippen LogP contribution in [0.4, 0.5) is 0 Å². The van der Waals surface area contributed by atoms with Gasteiger partial charge in [0.25, 0.3) is 0 Å². The molecule has 8 unspecified atom stereocenters. The summed E-state index contributed by atoms with van der Waals surface area (Å²) in [5.41, 5.74) is 0. The molecule has 0 aromatic heterocycles. The molecule has 0 aliphatic carbocycles. The van der Waals surface area contributed by atoms with Gasteiger partial charge in [-0.25, -0.2) is 0 Å². The molecule has 83 heavy (non-hydrogen) atoms. The molecule has 1 saturated heterocycles. The van der Waals surface area contributed by atoms with E-state index in [1.54, 1.807) is 6.08 Å². The summed E-state index contributed by atoms with van der Waals surface area (Å²) in [4.78, 5) is 26.7. The molecule has 1 fully saturated rings. The quantitative estimate of drug-likeness (QED) is 0.0195. The molecule has 1 heterocycles. The number of carbonyl (C=O) groups is 2. The van der Waals surface area contributed by atoms with Crippen molar-refractivity contribution < 1.29 is 49.3 Å². The van der Waals surface area contributed by atoms with Crippen LogP contribution in [0.25, 0.3) is 0 Å². The van der Waals surface area contributed by atoms with Gasteiger partial charge in [0.1, 0.15) is 24.4 Å². The zero-order valence-electron chi connectivity index (χ0n) is 54.3. The largest absolute Gasteiger partial charge is 0.454 e. The number of ether oxygens (including phenoxy) is 3. The van der Waals surface area contributed by atoms with Gasteiger partial charge in [0, 0.05) is 6.42 Å². The lowest BCUT2D eigenvalue weighted by Crippen LogP contribution is -2.61. The molecule has 8 atom stereocenters. The fourth-order valence-corrected chi connectivity index (χ4v) is 11.3. The molecule has 1 rings (SSSR count). The van der Waals surface area contributed by atoms with Gasteiger partial charge in [0.2, 0.25) is 5.91 Å². The van der Waals surface area contributed by atoms with Crippen molar-refractivity contribution in [3.63, 3.8) is 0 Å². The van der Waals surface area contributed by atoms with Crippen LogP contribution in [0.3, 0.4) is 0 Å². The number of aliphatic hydroxyl groups excluding tert-OH is 5. The summed E-state index contributed by atoms with van der Waals surface area (Å²) in [5.74, 6) is -1.18. The van der Waals surface area contributed by atoms with Crippen LogP contribution >= 0.6 is 0 Å². The highest BCUT2D eigenvalue weighted by molar-refractivity contribution is 5.80. The second kappa shape index (κ2) is 60.2. The van der Waals surface area contributed by atoms with Crippen molar-refractivity contribution in [1.82, 2.24) is 5.32 Å². The monoisotopic (exact) mass is 1170 g/mol. The lowest BCUT2D eigenvalue weighted by molar-refractivity contribution is -0.305. The number of rotatable bonds is 62. The van der Waals surface area contributed by atoms with Gasteiger partial charge in [0.05, 0.1) is 25.4 Å². The number of unbranched alkanes of at least 4 members (excludes halogenated alkanes) is 44. The molecule has 1 aliphatic heterocycles. The Kier molecular flexibility index (Phi) is 57.2. The first-order chi connectivity index (χ1) is 40.7. The fraction of sp³-hybridized carbons (Fsp3) is 0.889. The topological polar surface area (TPSA) is 175 Å². The molecule has 0 saturated carbocycles. The summed E-state index contributed by atoms with van der Waals surface area (Å²) in [6.45, 7) is 5.83. The van der Waals surface area contributed by atoms with E-state index in [0.717, 1.165) is 70.6 Å². The van der Waals surface area contributed by atoms with Crippen molar-refractivity contribution in [3.05, 3.63) is 36.5 Å². The fourth-order valence-electron chi connectivity index (χ4n) is 11.3. The molecule has 0 aromatic rings. The second-order valence-electron chi connectivity index (χ2n) is 25.0. The van der Waals surface area contributed by atoms with Crippen LogP contribution in [0.2, 0.25) is 0 Å². The minimum atomic E-state index is -1.61. The SMILES string of the molecule is CCCCCCCC/C=C/CCCCCCCCCCCCCCCCCC(=O)OC1C(OCC(NC(=O)C(O)CCCCCCCC/C=C/CCCCCCCC)C(O)/C=C/CCCCCCCCCCCCC)OC(CO)C(O)C1O. The highest BCUT2D eigenvalue weighted by Gasteiger charge is 2.47. The maximum absolute atomic E-state index is 13.5. The molecular formula is C72H135NO10. The van der Waals surface area contributed by atoms with Crippen LogP contribution in [-0.2, 0) is 23.8 Å². The Bertz CT molecular complexity index is 1490. The lowest BCUT2D eigenvalue weighted by Gasteiger charge is -2.41. The molecule has 0 bridgehead atoms. The van der Waals surface area contributed by atoms with Gasteiger partial charge in [-0.2, -0.15) is 0 Å². The van der Waals surface area contributed by atoms with E-state index in [-0.39, 0.29) is 19.4 Å². The Balaban J connectivity index is 2.56. The Morgan fingerprint density at radius 2 is 0.795 bits per heavy atom. The number of esters is 1. The molecule has 0 aromatic carbocycles. The summed E-state index contributed by atoms with van der Waals surface area (Å²) < 4.78 is 17.7. The molecule has 11 heteroatoms. The zero-order chi connectivity index (χ0) is 60.3. The van der Waals surface area contributed by atoms with E-state index in [1.807, 2.05) is 6.08 Å². The van der Waals surface area contributed by atoms with Crippen LogP contribution in [0.15, 0.2) is 36.5 Å². The third-order valence-electron chi connectivity index (χ3n) is 17.0. The van der Waals surface area contributed by atoms with Crippen LogP contribution in [0.1, 0.15) is 348 Å². The number of hydrogen-bond donors (Lipinski definition) is 6. The highest BCUT2D eigenvalue weighted by Crippen LogP contribution is 2.26. The molecule has 6 N–H and O–H groups in total. The Morgan fingerprint density at radius 3 is 1.17 bits per heavy atom. The van der Waals surface area contributed by atoms with E-state index < -0.39 is 67.4 Å². The molecule has 11 nitrogen and oxygen atoms in total. The van der Waals surface area contributed by atoms with E-state index >= 15 is 0 Å². The summed E-state index contributed by atoms with van der Waals surface area (Å²) in [6, 6.07) is -1.02. The smallest absolute Gasteiger partial charge is 0.306 e. The van der Waals surface area contributed by atoms with Crippen molar-refractivity contribution in [2.75, 3.05) is 13.2 Å². The minimum Gasteiger partial charge on any atom is -0.454 e. The van der Waals surface area contributed by atoms with Gasteiger partial charge in [-0.1, -0.05) is 301 Å². The van der Waals surface area contributed by atoms with E-state index in [2.05, 4.69) is 50.4 Å². The van der Waals surface area contributed by atoms with Gasteiger partial charge in [-0.05, 0) is 77.0 Å². The number of carbonyl (C=O) groups excluding carboxylic acids is 2. The first-order valence-corrected chi connectivity index (χ1v) is 35.8. The van der Waals surface area contributed by atoms with E-state index in [4.69, 9.17) is 14.2 Å². The maximum atomic E-state index is 13.5. The third kappa shape index (κ3) is 47.6. The predicted octanol–water partition coefficient (Wildman–Crippen LogP) is 18.2. The van der Waals surface area contributed by atoms with Gasteiger partial charge in [-0.15, -0.1) is 0 Å². The Labute approximate surface area is 511 Å². The van der Waals surface area contributed by atoms with E-state index in [9.17, 15) is 35.1 Å². The van der Waals surface area contributed by atoms with E-state index in [0.29, 0.717) is 12.8 Å². The predicted molar refractivity (Wildman–Crippen MR) is 347 cm³/mol. The van der Waals surface area contributed by atoms with Crippen LogP contribution in [0.5, 0.6) is 0 Å². The summed E-state index contributed by atoms with van der Waals surface area (Å²) in [7, 11) is 0. The molecule has 1 amide bonds. The molecule has 1 aliphatic rings. The average molecular weight is 1170 g/mol. The molecular weight excluding hydrogens is 1040 g/mol. The third-order valence-corrected chi connectivity index (χ3v) is 17.0. The van der Waals surface area contributed by atoms with Crippen molar-refractivity contribution in [2.45, 2.75) is 397 Å². The van der Waals surface area contributed by atoms with E-state index in [1.165, 1.54) is 231 Å². The van der Waals surface area contributed by atoms with Crippen LogP contribution < -0.4 is 5.32 Å². The summed E-state index contributed by atoms with van der Waals surface area (Å²) in [6.07, 6.45) is 63.3. The maximum Gasteiger partial charge on any atom is 0.306 e. The molecule has 488 valence electrons. The minimum absolute atomic E-state index is 0.127. The van der Waals surface area contributed by atoms with Gasteiger partial charge in [-0.3, -0.25) is 9.59 Å². The Morgan fingerprint density at radius 1 is 0.458 bits per heavy atom. The summed E-state index contributed by atoms with van der Waals surface area (Å²) >= 11 is 0. The first-order valence-electron chi connectivity index (χ1n) is 35.8. The van der Waals surface area contributed by atoms with Crippen molar-refractivity contribution in [1.29, 1.82) is 0 Å². The summed E-state index contributed by atoms with van der Waals surface area (Å²) in [5, 5.41) is 57.2. The number of amides is 1. The first kappa shape index (κ1) is 78.9. The normalized spacial score (nSPS) is 18.7. The van der Waals surface area contributed by atoms with Crippen molar-refractivity contribution >= 4 is 11.9 Å². The standard InChI is InChI=1S/C72H135NO10/c1-4-7-10-13-16-19-22-25-27-29-30-31-32-33-34-35-36-37-39-42-45-48-51-54-57-60-67(77)83-70-69(79)68(78)66(61-74)82-72(70)81-62-63(64(75)58-55-52-49-46-43-40-24-21-18-15-12-9-6-3)73-71(80)65(76)59-56-53-50-47-44-41-38-28-26-23-20-17-14-11-8-5-2/h25-28,55,58,63-66,68-70,72,74-76,78-79H,4-24,29-54,56-57,59-62H2,1-3H3,(H,73,80)/b27-25+,28-26+,58-55+. The van der Waals surface area contributed by atoms with Crippen LogP contribution in [0, 0.1) is 0 Å².